The normalized spacial score (nSPS) is 11.5. The Balaban J connectivity index is 1.85. The molecule has 1 aromatic heterocycles. The predicted octanol–water partition coefficient (Wildman–Crippen LogP) is 3.76. The summed E-state index contributed by atoms with van der Waals surface area (Å²) in [5, 5.41) is 1.31. The summed E-state index contributed by atoms with van der Waals surface area (Å²) in [5.74, 6) is -0.600. The Hall–Kier alpha value is -1.87. The molecule has 0 fully saturated rings. The minimum absolute atomic E-state index is 0.0367. The molecule has 3 aromatic rings. The number of hydrazine groups is 1. The number of aromatic nitrogens is 1. The highest BCUT2D eigenvalue weighted by molar-refractivity contribution is 7.90. The minimum atomic E-state index is -3.53. The van der Waals surface area contributed by atoms with E-state index in [2.05, 4.69) is 15.8 Å². The summed E-state index contributed by atoms with van der Waals surface area (Å²) in [6.07, 6.45) is 1.05. The average Bonchev–Trinajstić information content (AvgIpc) is 3.01. The summed E-state index contributed by atoms with van der Waals surface area (Å²) in [5.41, 5.74) is 5.65. The van der Waals surface area contributed by atoms with Gasteiger partial charge in [-0.3, -0.25) is 15.6 Å². The van der Waals surface area contributed by atoms with Gasteiger partial charge >= 0.3 is 0 Å². The maximum Gasteiger partial charge on any atom is 0.270 e. The first kappa shape index (κ1) is 17.9. The highest BCUT2D eigenvalue weighted by atomic mass is 35.5. The van der Waals surface area contributed by atoms with E-state index in [1.54, 1.807) is 24.3 Å². The fraction of sp³-hybridized carbons (Fsp3) is 0.0667. The molecule has 0 aliphatic carbocycles. The molecule has 130 valence electrons. The number of thiazole rings is 1. The highest BCUT2D eigenvalue weighted by Crippen LogP contribution is 2.35. The number of nitrogens with one attached hydrogen (secondary N) is 2. The first-order valence-corrected chi connectivity index (χ1v) is 10.3. The Labute approximate surface area is 157 Å². The number of fused-ring (bicyclic) bond motifs is 1. The number of halogens is 2. The Morgan fingerprint density at radius 1 is 1.12 bits per heavy atom. The molecule has 0 saturated carbocycles. The van der Waals surface area contributed by atoms with Crippen LogP contribution in [-0.4, -0.2) is 25.6 Å². The number of nitrogens with zero attached hydrogens (tertiary/aromatic N) is 1. The number of amides is 1. The van der Waals surface area contributed by atoms with E-state index in [1.165, 1.54) is 23.5 Å². The van der Waals surface area contributed by atoms with E-state index >= 15 is 0 Å². The van der Waals surface area contributed by atoms with Crippen LogP contribution in [0, 0.1) is 0 Å². The maximum absolute atomic E-state index is 12.3. The Morgan fingerprint density at radius 3 is 2.48 bits per heavy atom. The zero-order valence-electron chi connectivity index (χ0n) is 12.7. The smallest absolute Gasteiger partial charge is 0.270 e. The molecule has 0 radical (unpaired) electrons. The molecule has 0 spiro atoms. The summed E-state index contributed by atoms with van der Waals surface area (Å²) in [6.45, 7) is 0. The van der Waals surface area contributed by atoms with Gasteiger partial charge < -0.3 is 0 Å². The highest BCUT2D eigenvalue weighted by Gasteiger charge is 2.18. The van der Waals surface area contributed by atoms with Crippen LogP contribution in [0.4, 0.5) is 5.13 Å². The van der Waals surface area contributed by atoms with E-state index in [9.17, 15) is 13.2 Å². The molecule has 6 nitrogen and oxygen atoms in total. The third kappa shape index (κ3) is 3.72. The van der Waals surface area contributed by atoms with E-state index < -0.39 is 15.7 Å². The van der Waals surface area contributed by atoms with Gasteiger partial charge in [-0.05, 0) is 24.3 Å². The van der Waals surface area contributed by atoms with Crippen LogP contribution in [0.3, 0.4) is 0 Å². The molecular weight excluding hydrogens is 405 g/mol. The quantitative estimate of drug-likeness (QED) is 0.633. The van der Waals surface area contributed by atoms with Gasteiger partial charge in [0.2, 0.25) is 5.13 Å². The van der Waals surface area contributed by atoms with Crippen molar-refractivity contribution in [2.24, 2.45) is 0 Å². The second-order valence-corrected chi connectivity index (χ2v) is 8.87. The van der Waals surface area contributed by atoms with Crippen molar-refractivity contribution in [3.63, 3.8) is 0 Å². The van der Waals surface area contributed by atoms with Crippen LogP contribution < -0.4 is 10.9 Å². The molecular formula is C15H11Cl2N3O3S2. The third-order valence-electron chi connectivity index (χ3n) is 3.26. The van der Waals surface area contributed by atoms with Crippen molar-refractivity contribution in [1.29, 1.82) is 0 Å². The summed E-state index contributed by atoms with van der Waals surface area (Å²) in [6, 6.07) is 9.24. The second-order valence-electron chi connectivity index (χ2n) is 5.07. The number of sulfone groups is 1. The van der Waals surface area contributed by atoms with Gasteiger partial charge in [-0.2, -0.15) is 0 Å². The van der Waals surface area contributed by atoms with Crippen LogP contribution in [0.1, 0.15) is 10.4 Å². The number of anilines is 1. The molecule has 25 heavy (non-hydrogen) atoms. The fourth-order valence-electron chi connectivity index (χ4n) is 2.15. The van der Waals surface area contributed by atoms with Crippen molar-refractivity contribution < 1.29 is 13.2 Å². The van der Waals surface area contributed by atoms with E-state index in [0.717, 1.165) is 6.26 Å². The van der Waals surface area contributed by atoms with Crippen LogP contribution in [0.15, 0.2) is 41.3 Å². The lowest BCUT2D eigenvalue weighted by molar-refractivity contribution is 0.0959. The zero-order valence-corrected chi connectivity index (χ0v) is 15.9. The fourth-order valence-corrected chi connectivity index (χ4v) is 4.41. The van der Waals surface area contributed by atoms with Gasteiger partial charge in [0.15, 0.2) is 9.84 Å². The van der Waals surface area contributed by atoms with E-state index in [0.29, 0.717) is 25.4 Å². The van der Waals surface area contributed by atoms with Gasteiger partial charge in [0.05, 0.1) is 25.2 Å². The summed E-state index contributed by atoms with van der Waals surface area (Å²) < 4.78 is 24.3. The second kappa shape index (κ2) is 6.80. The monoisotopic (exact) mass is 415 g/mol. The number of carbonyl (C=O) groups excluding carboxylic acids is 1. The van der Waals surface area contributed by atoms with Crippen LogP contribution in [0.25, 0.3) is 10.2 Å². The molecule has 0 saturated heterocycles. The predicted molar refractivity (Wildman–Crippen MR) is 100 cm³/mol. The SMILES string of the molecule is CS(=O)(=O)c1ccccc1C(=O)NNc1nc2c(Cl)ccc(Cl)c2s1. The maximum atomic E-state index is 12.3. The summed E-state index contributed by atoms with van der Waals surface area (Å²) in [4.78, 5) is 16.5. The molecule has 1 heterocycles. The lowest BCUT2D eigenvalue weighted by Crippen LogP contribution is -2.30. The molecule has 0 bridgehead atoms. The number of hydrogen-bond acceptors (Lipinski definition) is 6. The van der Waals surface area contributed by atoms with Crippen molar-refractivity contribution in [1.82, 2.24) is 10.4 Å². The van der Waals surface area contributed by atoms with Crippen molar-refractivity contribution >= 4 is 65.6 Å². The van der Waals surface area contributed by atoms with Crippen LogP contribution in [0.5, 0.6) is 0 Å². The number of rotatable bonds is 4. The standard InChI is InChI=1S/C15H11Cl2N3O3S2/c1-25(22,23)11-5-3-2-4-8(11)14(21)19-20-15-18-12-9(16)6-7-10(17)13(12)24-15/h2-7H,1H3,(H,18,20)(H,19,21). The van der Waals surface area contributed by atoms with Gasteiger partial charge in [-0.15, -0.1) is 0 Å². The van der Waals surface area contributed by atoms with E-state index in [4.69, 9.17) is 23.2 Å². The van der Waals surface area contributed by atoms with Crippen LogP contribution >= 0.6 is 34.5 Å². The number of benzene rings is 2. The molecule has 2 N–H and O–H groups in total. The molecule has 0 unspecified atom stereocenters. The van der Waals surface area contributed by atoms with E-state index in [-0.39, 0.29) is 10.5 Å². The third-order valence-corrected chi connectivity index (χ3v) is 6.15. The lowest BCUT2D eigenvalue weighted by atomic mass is 10.2. The molecule has 2 aromatic carbocycles. The Morgan fingerprint density at radius 2 is 1.80 bits per heavy atom. The molecule has 0 aliphatic heterocycles. The van der Waals surface area contributed by atoms with Gasteiger partial charge in [0.1, 0.15) is 5.52 Å². The van der Waals surface area contributed by atoms with Crippen molar-refractivity contribution in [2.45, 2.75) is 4.90 Å². The lowest BCUT2D eigenvalue weighted by Gasteiger charge is -2.09. The largest absolute Gasteiger partial charge is 0.273 e. The molecule has 0 atom stereocenters. The zero-order chi connectivity index (χ0) is 18.2. The molecule has 3 rings (SSSR count). The summed E-state index contributed by atoms with van der Waals surface area (Å²) >= 11 is 13.4. The molecule has 0 aliphatic rings. The van der Waals surface area contributed by atoms with Gasteiger partial charge in [0.25, 0.3) is 5.91 Å². The summed E-state index contributed by atoms with van der Waals surface area (Å²) in [7, 11) is -3.53. The first-order chi connectivity index (χ1) is 11.8. The van der Waals surface area contributed by atoms with Crippen molar-refractivity contribution in [3.8, 4) is 0 Å². The molecule has 1 amide bonds. The van der Waals surface area contributed by atoms with Crippen molar-refractivity contribution in [2.75, 3.05) is 11.7 Å². The average molecular weight is 416 g/mol. The van der Waals surface area contributed by atoms with Gasteiger partial charge in [-0.1, -0.05) is 46.7 Å². The van der Waals surface area contributed by atoms with Crippen LogP contribution in [-0.2, 0) is 9.84 Å². The topological polar surface area (TPSA) is 88.2 Å². The first-order valence-electron chi connectivity index (χ1n) is 6.87. The number of hydrogen-bond donors (Lipinski definition) is 2. The van der Waals surface area contributed by atoms with Gasteiger partial charge in [0, 0.05) is 6.26 Å². The van der Waals surface area contributed by atoms with E-state index in [1.807, 2.05) is 0 Å². The van der Waals surface area contributed by atoms with Crippen LogP contribution in [0.2, 0.25) is 10.0 Å². The van der Waals surface area contributed by atoms with Gasteiger partial charge in [-0.25, -0.2) is 13.4 Å². The number of carbonyl (C=O) groups is 1. The Bertz CT molecular complexity index is 1040. The van der Waals surface area contributed by atoms with Crippen molar-refractivity contribution in [3.05, 3.63) is 52.0 Å². The Kier molecular flexibility index (Phi) is 4.88. The minimum Gasteiger partial charge on any atom is -0.273 e. The molecule has 10 heteroatoms.